The van der Waals surface area contributed by atoms with Gasteiger partial charge in [-0.2, -0.15) is 10.4 Å². The molecule has 0 bridgehead atoms. The molecule has 184 valence electrons. The molecule has 1 atom stereocenters. The van der Waals surface area contributed by atoms with Gasteiger partial charge in [0.1, 0.15) is 23.4 Å². The lowest BCUT2D eigenvalue weighted by Crippen LogP contribution is -2.40. The fraction of sp³-hybridized carbons (Fsp3) is 0.185. The Kier molecular flexibility index (Phi) is 6.34. The second kappa shape index (κ2) is 9.91. The van der Waals surface area contributed by atoms with E-state index in [0.717, 1.165) is 18.4 Å². The molecule has 1 fully saturated rings. The van der Waals surface area contributed by atoms with Crippen molar-refractivity contribution in [3.63, 3.8) is 0 Å². The van der Waals surface area contributed by atoms with Crippen LogP contribution < -0.4 is 11.1 Å². The highest BCUT2D eigenvalue weighted by Crippen LogP contribution is 2.36. The largest absolute Gasteiger partial charge is 0.383 e. The number of piperidine rings is 1. The predicted octanol–water partition coefficient (Wildman–Crippen LogP) is 3.55. The zero-order valence-electron chi connectivity index (χ0n) is 20.0. The van der Waals surface area contributed by atoms with E-state index in [1.54, 1.807) is 58.2 Å². The smallest absolute Gasteiger partial charge is 0.256 e. The number of amides is 2. The monoisotopic (exact) mass is 492 g/mol. The van der Waals surface area contributed by atoms with E-state index >= 15 is 0 Å². The second-order valence-corrected chi connectivity index (χ2v) is 8.72. The third-order valence-corrected chi connectivity index (χ3v) is 6.43. The number of pyridine rings is 2. The van der Waals surface area contributed by atoms with Crippen LogP contribution in [-0.2, 0) is 4.79 Å². The summed E-state index contributed by atoms with van der Waals surface area (Å²) in [5.74, 6) is 0.285. The third kappa shape index (κ3) is 4.50. The summed E-state index contributed by atoms with van der Waals surface area (Å²) in [5.41, 5.74) is 8.96. The van der Waals surface area contributed by atoms with Gasteiger partial charge in [0.2, 0.25) is 5.91 Å². The molecular weight excluding hydrogens is 468 g/mol. The lowest BCUT2D eigenvalue weighted by atomic mass is 10.0. The third-order valence-electron chi connectivity index (χ3n) is 6.43. The molecule has 3 N–H and O–H groups in total. The molecule has 0 spiro atoms. The maximum absolute atomic E-state index is 12.7. The number of benzene rings is 1. The molecule has 1 saturated heterocycles. The van der Waals surface area contributed by atoms with Gasteiger partial charge < -0.3 is 16.0 Å². The Hall–Kier alpha value is -5.04. The molecule has 1 aliphatic rings. The molecule has 0 saturated carbocycles. The highest BCUT2D eigenvalue weighted by atomic mass is 16.2. The summed E-state index contributed by atoms with van der Waals surface area (Å²) in [4.78, 5) is 35.0. The highest BCUT2D eigenvalue weighted by molar-refractivity contribution is 6.05. The first-order valence-corrected chi connectivity index (χ1v) is 11.8. The van der Waals surface area contributed by atoms with Crippen molar-refractivity contribution in [2.75, 3.05) is 24.1 Å². The first kappa shape index (κ1) is 23.7. The summed E-state index contributed by atoms with van der Waals surface area (Å²) in [6.07, 6.45) is 5.94. The SMILES string of the molecule is C=CC(=O)N1CCC[C@@H](n2nc(-c3ccc(C(=O)Nc4ccccn4)cc3)c3c(N)ncc(C#N)c32)C1. The summed E-state index contributed by atoms with van der Waals surface area (Å²) in [5, 5.41) is 18.0. The van der Waals surface area contributed by atoms with Crippen molar-refractivity contribution in [3.8, 4) is 17.3 Å². The lowest BCUT2D eigenvalue weighted by Gasteiger charge is -2.32. The molecule has 4 aromatic rings. The maximum atomic E-state index is 12.7. The van der Waals surface area contributed by atoms with E-state index in [0.29, 0.717) is 46.6 Å². The van der Waals surface area contributed by atoms with Gasteiger partial charge in [-0.25, -0.2) is 9.97 Å². The van der Waals surface area contributed by atoms with Crippen molar-refractivity contribution in [1.82, 2.24) is 24.6 Å². The molecule has 0 radical (unpaired) electrons. The van der Waals surface area contributed by atoms with Crippen molar-refractivity contribution in [3.05, 3.63) is 78.6 Å². The van der Waals surface area contributed by atoms with Crippen LogP contribution >= 0.6 is 0 Å². The van der Waals surface area contributed by atoms with Gasteiger partial charge in [0.05, 0.1) is 22.5 Å². The van der Waals surface area contributed by atoms with Crippen molar-refractivity contribution < 1.29 is 9.59 Å². The normalized spacial score (nSPS) is 15.2. The van der Waals surface area contributed by atoms with Gasteiger partial charge in [0, 0.05) is 36.6 Å². The minimum absolute atomic E-state index is 0.136. The summed E-state index contributed by atoms with van der Waals surface area (Å²) < 4.78 is 1.80. The van der Waals surface area contributed by atoms with Gasteiger partial charge in [0.25, 0.3) is 5.91 Å². The molecule has 2 amide bonds. The van der Waals surface area contributed by atoms with Crippen LogP contribution in [-0.4, -0.2) is 49.6 Å². The van der Waals surface area contributed by atoms with Crippen molar-refractivity contribution in [1.29, 1.82) is 5.26 Å². The average molecular weight is 493 g/mol. The molecular formula is C27H24N8O2. The molecule has 5 rings (SSSR count). The van der Waals surface area contributed by atoms with E-state index < -0.39 is 0 Å². The van der Waals surface area contributed by atoms with Gasteiger partial charge >= 0.3 is 0 Å². The summed E-state index contributed by atoms with van der Waals surface area (Å²) >= 11 is 0. The van der Waals surface area contributed by atoms with Crippen LogP contribution in [0.3, 0.4) is 0 Å². The summed E-state index contributed by atoms with van der Waals surface area (Å²) in [6.45, 7) is 4.68. The number of hydrogen-bond acceptors (Lipinski definition) is 7. The van der Waals surface area contributed by atoms with Crippen molar-refractivity contribution in [2.45, 2.75) is 18.9 Å². The summed E-state index contributed by atoms with van der Waals surface area (Å²) in [6, 6.07) is 14.3. The number of nitrogens with one attached hydrogen (secondary N) is 1. The fourth-order valence-corrected chi connectivity index (χ4v) is 4.63. The van der Waals surface area contributed by atoms with E-state index in [1.807, 2.05) is 0 Å². The number of rotatable bonds is 5. The molecule has 3 aromatic heterocycles. The Balaban J connectivity index is 1.54. The van der Waals surface area contributed by atoms with E-state index in [9.17, 15) is 14.9 Å². The molecule has 37 heavy (non-hydrogen) atoms. The molecule has 10 heteroatoms. The number of carbonyl (C=O) groups is 2. The van der Waals surface area contributed by atoms with Gasteiger partial charge in [-0.05, 0) is 43.2 Å². The Morgan fingerprint density at radius 1 is 1.19 bits per heavy atom. The van der Waals surface area contributed by atoms with Crippen LogP contribution in [0.25, 0.3) is 22.2 Å². The number of nitriles is 1. The Labute approximate surface area is 213 Å². The molecule has 1 aromatic carbocycles. The van der Waals surface area contributed by atoms with Crippen molar-refractivity contribution in [2.24, 2.45) is 0 Å². The van der Waals surface area contributed by atoms with E-state index in [4.69, 9.17) is 10.8 Å². The fourth-order valence-electron chi connectivity index (χ4n) is 4.63. The number of nitrogens with two attached hydrogens (primary N) is 1. The number of aromatic nitrogens is 4. The molecule has 4 heterocycles. The van der Waals surface area contributed by atoms with Gasteiger partial charge in [-0.3, -0.25) is 14.3 Å². The van der Waals surface area contributed by atoms with E-state index in [-0.39, 0.29) is 23.7 Å². The number of nitrogen functional groups attached to an aromatic ring is 1. The Bertz CT molecular complexity index is 1540. The molecule has 1 aliphatic heterocycles. The number of nitrogens with zero attached hydrogens (tertiary/aromatic N) is 6. The first-order chi connectivity index (χ1) is 18.0. The van der Waals surface area contributed by atoms with Gasteiger partial charge in [-0.15, -0.1) is 0 Å². The number of likely N-dealkylation sites (tertiary alicyclic amines) is 1. The van der Waals surface area contributed by atoms with E-state index in [1.165, 1.54) is 12.3 Å². The zero-order chi connectivity index (χ0) is 25.9. The number of fused-ring (bicyclic) bond motifs is 1. The van der Waals surface area contributed by atoms with Crippen LogP contribution in [0.15, 0.2) is 67.5 Å². The van der Waals surface area contributed by atoms with Crippen molar-refractivity contribution >= 4 is 34.4 Å². The highest BCUT2D eigenvalue weighted by Gasteiger charge is 2.28. The average Bonchev–Trinajstić information content (AvgIpc) is 3.35. The minimum Gasteiger partial charge on any atom is -0.383 e. The standard InChI is InChI=1S/C27H24N8O2/c1-2-22(36)34-13-5-6-20(16-34)35-25-19(14-28)15-31-26(29)23(25)24(33-35)17-8-10-18(11-9-17)27(37)32-21-7-3-4-12-30-21/h2-4,7-12,15,20H,1,5-6,13,16H2,(H2,29,31)(H,30,32,37)/t20-/m1/s1. The molecule has 10 nitrogen and oxygen atoms in total. The lowest BCUT2D eigenvalue weighted by molar-refractivity contribution is -0.127. The van der Waals surface area contributed by atoms with Gasteiger partial charge in [-0.1, -0.05) is 24.8 Å². The Morgan fingerprint density at radius 3 is 2.70 bits per heavy atom. The van der Waals surface area contributed by atoms with Gasteiger partial charge in [0.15, 0.2) is 0 Å². The van der Waals surface area contributed by atoms with Crippen LogP contribution in [0.2, 0.25) is 0 Å². The number of hydrogen-bond donors (Lipinski definition) is 2. The maximum Gasteiger partial charge on any atom is 0.256 e. The first-order valence-electron chi connectivity index (χ1n) is 11.8. The van der Waals surface area contributed by atoms with Crippen LogP contribution in [0.1, 0.15) is 34.8 Å². The number of carbonyl (C=O) groups excluding carboxylic acids is 2. The number of anilines is 2. The van der Waals surface area contributed by atoms with E-state index in [2.05, 4.69) is 27.9 Å². The predicted molar refractivity (Wildman–Crippen MR) is 139 cm³/mol. The van der Waals surface area contributed by atoms with Crippen LogP contribution in [0, 0.1) is 11.3 Å². The summed E-state index contributed by atoms with van der Waals surface area (Å²) in [7, 11) is 0. The topological polar surface area (TPSA) is 143 Å². The Morgan fingerprint density at radius 2 is 2.00 bits per heavy atom. The molecule has 0 aliphatic carbocycles. The quantitative estimate of drug-likeness (QED) is 0.406. The second-order valence-electron chi connectivity index (χ2n) is 8.72. The zero-order valence-corrected chi connectivity index (χ0v) is 20.0. The van der Waals surface area contributed by atoms with Crippen LogP contribution in [0.5, 0.6) is 0 Å². The van der Waals surface area contributed by atoms with Crippen LogP contribution in [0.4, 0.5) is 11.6 Å². The molecule has 0 unspecified atom stereocenters. The minimum atomic E-state index is -0.289.